The normalized spacial score (nSPS) is 14.4. The summed E-state index contributed by atoms with van der Waals surface area (Å²) in [6.07, 6.45) is 7.53. The Hall–Kier alpha value is -2.03. The molecule has 0 atom stereocenters. The van der Waals surface area contributed by atoms with E-state index in [0.29, 0.717) is 0 Å². The SMILES string of the molecule is C1=C[N]C(c2ccc3cc[nH]c3n2)=C1. The first-order valence-corrected chi connectivity index (χ1v) is 4.46. The maximum Gasteiger partial charge on any atom is 0.138 e. The lowest BCUT2D eigenvalue weighted by Crippen LogP contribution is -1.95. The third-order valence-electron chi connectivity index (χ3n) is 2.23. The highest BCUT2D eigenvalue weighted by Gasteiger charge is 2.06. The zero-order chi connectivity index (χ0) is 9.38. The number of nitrogens with zero attached hydrogens (tertiary/aromatic N) is 2. The summed E-state index contributed by atoms with van der Waals surface area (Å²) < 4.78 is 0. The Morgan fingerprint density at radius 1 is 1.14 bits per heavy atom. The van der Waals surface area contributed by atoms with Gasteiger partial charge in [0, 0.05) is 17.8 Å². The van der Waals surface area contributed by atoms with Crippen molar-refractivity contribution in [3.8, 4) is 0 Å². The molecule has 0 saturated heterocycles. The van der Waals surface area contributed by atoms with E-state index in [1.54, 1.807) is 6.20 Å². The van der Waals surface area contributed by atoms with Gasteiger partial charge in [-0.3, -0.25) is 5.32 Å². The van der Waals surface area contributed by atoms with Gasteiger partial charge in [-0.25, -0.2) is 4.98 Å². The van der Waals surface area contributed by atoms with Gasteiger partial charge in [0.05, 0.1) is 11.4 Å². The van der Waals surface area contributed by atoms with Crippen molar-refractivity contribution in [1.29, 1.82) is 0 Å². The Morgan fingerprint density at radius 2 is 2.14 bits per heavy atom. The lowest BCUT2D eigenvalue weighted by Gasteiger charge is -1.99. The Bertz CT molecular complexity index is 534. The van der Waals surface area contributed by atoms with Crippen molar-refractivity contribution in [2.24, 2.45) is 0 Å². The Kier molecular flexibility index (Phi) is 1.44. The molecule has 3 rings (SSSR count). The van der Waals surface area contributed by atoms with Gasteiger partial charge in [0.15, 0.2) is 0 Å². The predicted molar refractivity (Wildman–Crippen MR) is 55.3 cm³/mol. The molecule has 67 valence electrons. The molecule has 1 aliphatic rings. The Morgan fingerprint density at radius 3 is 3.00 bits per heavy atom. The molecule has 0 saturated carbocycles. The van der Waals surface area contributed by atoms with Gasteiger partial charge in [-0.15, -0.1) is 0 Å². The molecular formula is C11H8N3. The van der Waals surface area contributed by atoms with Crippen LogP contribution >= 0.6 is 0 Å². The molecule has 0 fully saturated rings. The molecule has 3 nitrogen and oxygen atoms in total. The average molecular weight is 182 g/mol. The highest BCUT2D eigenvalue weighted by Crippen LogP contribution is 2.17. The van der Waals surface area contributed by atoms with Crippen LogP contribution in [0.1, 0.15) is 5.69 Å². The average Bonchev–Trinajstić information content (AvgIpc) is 2.88. The van der Waals surface area contributed by atoms with E-state index in [4.69, 9.17) is 0 Å². The quantitative estimate of drug-likeness (QED) is 0.720. The van der Waals surface area contributed by atoms with Crippen LogP contribution in [0.3, 0.4) is 0 Å². The van der Waals surface area contributed by atoms with Crippen molar-refractivity contribution in [3.63, 3.8) is 0 Å². The smallest absolute Gasteiger partial charge is 0.138 e. The lowest BCUT2D eigenvalue weighted by molar-refractivity contribution is 1.17. The van der Waals surface area contributed by atoms with Crippen molar-refractivity contribution in [1.82, 2.24) is 15.3 Å². The minimum Gasteiger partial charge on any atom is -0.346 e. The molecule has 14 heavy (non-hydrogen) atoms. The van der Waals surface area contributed by atoms with Crippen LogP contribution in [0.15, 0.2) is 42.7 Å². The van der Waals surface area contributed by atoms with Crippen LogP contribution < -0.4 is 5.32 Å². The molecule has 1 radical (unpaired) electrons. The third kappa shape index (κ3) is 1.03. The maximum atomic E-state index is 4.46. The molecule has 0 spiro atoms. The van der Waals surface area contributed by atoms with Crippen molar-refractivity contribution in [3.05, 3.63) is 48.4 Å². The molecule has 0 aromatic carbocycles. The summed E-state index contributed by atoms with van der Waals surface area (Å²) in [7, 11) is 0. The highest BCUT2D eigenvalue weighted by atomic mass is 14.9. The van der Waals surface area contributed by atoms with E-state index >= 15 is 0 Å². The van der Waals surface area contributed by atoms with Crippen LogP contribution in [-0.4, -0.2) is 9.97 Å². The number of aromatic nitrogens is 2. The maximum absolute atomic E-state index is 4.46. The van der Waals surface area contributed by atoms with Crippen molar-refractivity contribution in [2.45, 2.75) is 0 Å². The van der Waals surface area contributed by atoms with Crippen LogP contribution in [0.5, 0.6) is 0 Å². The monoisotopic (exact) mass is 182 g/mol. The molecule has 1 aliphatic heterocycles. The number of aromatic amines is 1. The minimum absolute atomic E-state index is 0.907. The first-order chi connectivity index (χ1) is 6.93. The fourth-order valence-electron chi connectivity index (χ4n) is 1.53. The summed E-state index contributed by atoms with van der Waals surface area (Å²) in [4.78, 5) is 7.54. The largest absolute Gasteiger partial charge is 0.346 e. The van der Waals surface area contributed by atoms with Gasteiger partial charge in [0.1, 0.15) is 5.65 Å². The molecule has 2 aromatic heterocycles. The Labute approximate surface area is 81.2 Å². The van der Waals surface area contributed by atoms with E-state index in [1.165, 1.54) is 0 Å². The number of H-pyrrole nitrogens is 1. The summed E-state index contributed by atoms with van der Waals surface area (Å²) in [6.45, 7) is 0. The van der Waals surface area contributed by atoms with E-state index in [9.17, 15) is 0 Å². The summed E-state index contributed by atoms with van der Waals surface area (Å²) in [5.41, 5.74) is 2.73. The van der Waals surface area contributed by atoms with Crippen LogP contribution in [0.4, 0.5) is 0 Å². The molecule has 0 bridgehead atoms. The second kappa shape index (κ2) is 2.73. The van der Waals surface area contributed by atoms with E-state index in [2.05, 4.69) is 15.3 Å². The number of hydrogen-bond donors (Lipinski definition) is 1. The number of hydrogen-bond acceptors (Lipinski definition) is 1. The summed E-state index contributed by atoms with van der Waals surface area (Å²) in [6, 6.07) is 6.03. The van der Waals surface area contributed by atoms with Gasteiger partial charge in [-0.1, -0.05) is 0 Å². The number of pyridine rings is 1. The van der Waals surface area contributed by atoms with Crippen LogP contribution in [0.2, 0.25) is 0 Å². The predicted octanol–water partition coefficient (Wildman–Crippen LogP) is 2.04. The van der Waals surface area contributed by atoms with Gasteiger partial charge in [-0.05, 0) is 30.4 Å². The first kappa shape index (κ1) is 7.38. The molecule has 1 N–H and O–H groups in total. The standard InChI is InChI=1S/C11H8N3/c1-2-9(12-6-1)10-4-3-8-5-7-13-11(8)14-10/h1-7H,(H,13,14). The van der Waals surface area contributed by atoms with Gasteiger partial charge in [0.25, 0.3) is 0 Å². The Balaban J connectivity index is 2.13. The van der Waals surface area contributed by atoms with Crippen LogP contribution in [0.25, 0.3) is 16.7 Å². The first-order valence-electron chi connectivity index (χ1n) is 4.46. The van der Waals surface area contributed by atoms with Crippen molar-refractivity contribution < 1.29 is 0 Å². The second-order valence-corrected chi connectivity index (χ2v) is 3.13. The zero-order valence-corrected chi connectivity index (χ0v) is 7.44. The van der Waals surface area contributed by atoms with Crippen molar-refractivity contribution in [2.75, 3.05) is 0 Å². The highest BCUT2D eigenvalue weighted by molar-refractivity contribution is 5.78. The van der Waals surface area contributed by atoms with Gasteiger partial charge < -0.3 is 4.98 Å². The second-order valence-electron chi connectivity index (χ2n) is 3.13. The molecule has 0 amide bonds. The molecule has 3 heterocycles. The number of allylic oxidation sites excluding steroid dienone is 2. The molecule has 0 unspecified atom stereocenters. The lowest BCUT2D eigenvalue weighted by atomic mass is 10.2. The number of rotatable bonds is 1. The van der Waals surface area contributed by atoms with E-state index in [-0.39, 0.29) is 0 Å². The van der Waals surface area contributed by atoms with Gasteiger partial charge in [-0.2, -0.15) is 0 Å². The number of nitrogens with one attached hydrogen (secondary N) is 1. The summed E-state index contributed by atoms with van der Waals surface area (Å²) >= 11 is 0. The van der Waals surface area contributed by atoms with Gasteiger partial charge in [0.2, 0.25) is 0 Å². The van der Waals surface area contributed by atoms with E-state index in [0.717, 1.165) is 22.4 Å². The molecule has 3 heteroatoms. The third-order valence-corrected chi connectivity index (χ3v) is 2.23. The van der Waals surface area contributed by atoms with E-state index < -0.39 is 0 Å². The van der Waals surface area contributed by atoms with Crippen LogP contribution in [-0.2, 0) is 0 Å². The number of fused-ring (bicyclic) bond motifs is 1. The van der Waals surface area contributed by atoms with Crippen molar-refractivity contribution >= 4 is 16.7 Å². The topological polar surface area (TPSA) is 42.8 Å². The summed E-state index contributed by atoms with van der Waals surface area (Å²) in [5, 5.41) is 5.33. The summed E-state index contributed by atoms with van der Waals surface area (Å²) in [5.74, 6) is 0. The minimum atomic E-state index is 0.907. The van der Waals surface area contributed by atoms with E-state index in [1.807, 2.05) is 36.5 Å². The fraction of sp³-hybridized carbons (Fsp3) is 0. The fourth-order valence-corrected chi connectivity index (χ4v) is 1.53. The molecule has 2 aromatic rings. The van der Waals surface area contributed by atoms with Gasteiger partial charge >= 0.3 is 0 Å². The van der Waals surface area contributed by atoms with Crippen LogP contribution in [0, 0.1) is 0 Å². The molecule has 0 aliphatic carbocycles. The molecular weight excluding hydrogens is 174 g/mol. The zero-order valence-electron chi connectivity index (χ0n) is 7.44.